The molecule has 2 atom stereocenters. The van der Waals surface area contributed by atoms with E-state index in [0.29, 0.717) is 0 Å². The highest BCUT2D eigenvalue weighted by molar-refractivity contribution is 6.10. The predicted molar refractivity (Wildman–Crippen MR) is 185 cm³/mol. The van der Waals surface area contributed by atoms with Crippen LogP contribution in [0.25, 0.3) is 66.5 Å². The number of benzene rings is 5. The summed E-state index contributed by atoms with van der Waals surface area (Å²) in [7, 11) is 0. The van der Waals surface area contributed by atoms with Crippen molar-refractivity contribution in [2.75, 3.05) is 6.54 Å². The van der Waals surface area contributed by atoms with Crippen LogP contribution >= 0.6 is 0 Å². The summed E-state index contributed by atoms with van der Waals surface area (Å²) in [6.07, 6.45) is 9.82. The zero-order valence-corrected chi connectivity index (χ0v) is 24.5. The van der Waals surface area contributed by atoms with E-state index in [1.165, 1.54) is 43.9 Å². The Morgan fingerprint density at radius 2 is 1.31 bits per heavy atom. The molecule has 0 N–H and O–H groups in total. The van der Waals surface area contributed by atoms with Crippen molar-refractivity contribution in [1.29, 1.82) is 0 Å². The van der Waals surface area contributed by atoms with Crippen molar-refractivity contribution in [2.24, 2.45) is 10.9 Å². The molecule has 45 heavy (non-hydrogen) atoms. The minimum absolute atomic E-state index is 0.204. The van der Waals surface area contributed by atoms with Crippen LogP contribution in [-0.4, -0.2) is 17.3 Å². The molecular formula is C41H28N2O2. The molecule has 214 valence electrons. The number of para-hydroxylation sites is 3. The van der Waals surface area contributed by atoms with Gasteiger partial charge in [0, 0.05) is 62.8 Å². The Kier molecular flexibility index (Phi) is 5.20. The van der Waals surface area contributed by atoms with Gasteiger partial charge in [-0.2, -0.15) is 0 Å². The normalized spacial score (nSPS) is 18.0. The summed E-state index contributed by atoms with van der Waals surface area (Å²) in [5.41, 5.74) is 10.1. The van der Waals surface area contributed by atoms with Crippen LogP contribution in [0, 0.1) is 5.92 Å². The summed E-state index contributed by atoms with van der Waals surface area (Å²) in [5.74, 6) is 1.46. The smallest absolute Gasteiger partial charge is 0.135 e. The number of nitrogens with zero attached hydrogens (tertiary/aromatic N) is 2. The van der Waals surface area contributed by atoms with Gasteiger partial charge < -0.3 is 13.4 Å². The molecule has 5 aromatic carbocycles. The van der Waals surface area contributed by atoms with Crippen molar-refractivity contribution < 1.29 is 8.83 Å². The van der Waals surface area contributed by atoms with Gasteiger partial charge >= 0.3 is 0 Å². The van der Waals surface area contributed by atoms with Crippen LogP contribution in [-0.2, 0) is 6.42 Å². The number of aromatic nitrogens is 1. The topological polar surface area (TPSA) is 43.6 Å². The number of rotatable bonds is 3. The highest BCUT2D eigenvalue weighted by atomic mass is 16.3. The lowest BCUT2D eigenvalue weighted by atomic mass is 9.83. The lowest BCUT2D eigenvalue weighted by Gasteiger charge is -2.23. The minimum Gasteiger partial charge on any atom is -0.456 e. The van der Waals surface area contributed by atoms with Gasteiger partial charge in [0.05, 0.1) is 11.0 Å². The summed E-state index contributed by atoms with van der Waals surface area (Å²) < 4.78 is 14.8. The number of hydrogen-bond donors (Lipinski definition) is 0. The molecule has 0 saturated carbocycles. The van der Waals surface area contributed by atoms with Crippen LogP contribution in [0.2, 0.25) is 0 Å². The van der Waals surface area contributed by atoms with Crippen LogP contribution in [0.5, 0.6) is 0 Å². The molecule has 2 unspecified atom stereocenters. The molecular weight excluding hydrogens is 552 g/mol. The minimum atomic E-state index is 0.204. The average molecular weight is 581 g/mol. The summed E-state index contributed by atoms with van der Waals surface area (Å²) in [5, 5.41) is 6.01. The third kappa shape index (κ3) is 3.75. The number of fused-ring (bicyclic) bond motifs is 9. The summed E-state index contributed by atoms with van der Waals surface area (Å²) in [6.45, 7) is 0.744. The molecule has 3 aromatic heterocycles. The maximum absolute atomic E-state index is 6.35. The van der Waals surface area contributed by atoms with Crippen molar-refractivity contribution in [1.82, 2.24) is 4.57 Å². The second kappa shape index (κ2) is 9.44. The van der Waals surface area contributed by atoms with Gasteiger partial charge in [-0.3, -0.25) is 4.99 Å². The van der Waals surface area contributed by atoms with Gasteiger partial charge in [0.15, 0.2) is 0 Å². The maximum Gasteiger partial charge on any atom is 0.135 e. The largest absolute Gasteiger partial charge is 0.456 e. The fraction of sp³-hybridized carbons (Fsp3) is 0.0976. The van der Waals surface area contributed by atoms with E-state index in [4.69, 9.17) is 13.8 Å². The molecule has 0 radical (unpaired) electrons. The zero-order valence-electron chi connectivity index (χ0n) is 24.5. The first-order valence-corrected chi connectivity index (χ1v) is 15.6. The molecule has 0 amide bonds. The van der Waals surface area contributed by atoms with E-state index in [0.717, 1.165) is 51.9 Å². The molecule has 2 aliphatic rings. The number of dihydropyridines is 1. The molecule has 8 aromatic rings. The number of allylic oxidation sites excluding steroid dienone is 2. The van der Waals surface area contributed by atoms with Gasteiger partial charge in [-0.05, 0) is 72.2 Å². The van der Waals surface area contributed by atoms with Crippen LogP contribution in [0.1, 0.15) is 22.8 Å². The van der Waals surface area contributed by atoms with E-state index in [1.807, 2.05) is 6.07 Å². The van der Waals surface area contributed by atoms with Gasteiger partial charge in [-0.25, -0.2) is 0 Å². The van der Waals surface area contributed by atoms with E-state index >= 15 is 0 Å². The summed E-state index contributed by atoms with van der Waals surface area (Å²) >= 11 is 0. The Morgan fingerprint density at radius 3 is 2.13 bits per heavy atom. The highest BCUT2D eigenvalue weighted by Gasteiger charge is 2.25. The monoisotopic (exact) mass is 580 g/mol. The predicted octanol–water partition coefficient (Wildman–Crippen LogP) is 10.4. The quantitative estimate of drug-likeness (QED) is 0.209. The van der Waals surface area contributed by atoms with E-state index in [2.05, 4.69) is 132 Å². The Hall–Kier alpha value is -5.61. The van der Waals surface area contributed by atoms with Crippen molar-refractivity contribution in [3.05, 3.63) is 144 Å². The fourth-order valence-electron chi connectivity index (χ4n) is 7.56. The lowest BCUT2D eigenvalue weighted by molar-refractivity contribution is 0.588. The third-order valence-corrected chi connectivity index (χ3v) is 9.74. The fourth-order valence-corrected chi connectivity index (χ4v) is 7.56. The van der Waals surface area contributed by atoms with Crippen molar-refractivity contribution >= 4 is 67.0 Å². The SMILES string of the molecule is C1=CC(C2=CC(c3ccc4oc5ccc(-n6c7ccccc7c7ccccc76)cc5c4c3)CN=C2)Cc2c1oc1ccccc21. The van der Waals surface area contributed by atoms with Crippen molar-refractivity contribution in [3.8, 4) is 5.69 Å². The average Bonchev–Trinajstić information content (AvgIpc) is 3.77. The summed E-state index contributed by atoms with van der Waals surface area (Å²) in [6, 6.07) is 38.8. The standard InChI is InChI=1S/C41H28N2O2/c1-4-10-36-30(7-1)31-8-2-5-11-37(31)43(36)29-15-18-41-35(22-29)34-21-26(14-17-40(34)45-41)28-19-27(23-42-24-28)25-13-16-39-33(20-25)32-9-3-6-12-38(32)44-39/h1-19,21-23,25,28H,20,24H2. The van der Waals surface area contributed by atoms with Crippen molar-refractivity contribution in [2.45, 2.75) is 12.3 Å². The molecule has 1 aliphatic carbocycles. The summed E-state index contributed by atoms with van der Waals surface area (Å²) in [4.78, 5) is 4.86. The Morgan fingerprint density at radius 1 is 0.622 bits per heavy atom. The van der Waals surface area contributed by atoms with E-state index in [-0.39, 0.29) is 11.8 Å². The van der Waals surface area contributed by atoms with E-state index in [1.54, 1.807) is 0 Å². The maximum atomic E-state index is 6.35. The molecule has 0 bridgehead atoms. The van der Waals surface area contributed by atoms with Gasteiger partial charge in [0.25, 0.3) is 0 Å². The van der Waals surface area contributed by atoms with Crippen LogP contribution in [0.15, 0.2) is 141 Å². The molecule has 10 rings (SSSR count). The van der Waals surface area contributed by atoms with Gasteiger partial charge in [0.2, 0.25) is 0 Å². The molecule has 4 heterocycles. The second-order valence-electron chi connectivity index (χ2n) is 12.3. The Labute approximate surface area is 259 Å². The number of furan rings is 2. The molecule has 4 nitrogen and oxygen atoms in total. The molecule has 0 spiro atoms. The first kappa shape index (κ1) is 24.8. The van der Waals surface area contributed by atoms with Crippen LogP contribution in [0.3, 0.4) is 0 Å². The lowest BCUT2D eigenvalue weighted by Crippen LogP contribution is -2.15. The van der Waals surface area contributed by atoms with Crippen molar-refractivity contribution in [3.63, 3.8) is 0 Å². The Bertz CT molecular complexity index is 2520. The van der Waals surface area contributed by atoms with Crippen LogP contribution < -0.4 is 0 Å². The second-order valence-corrected chi connectivity index (χ2v) is 12.3. The number of aliphatic imine (C=N–C) groups is 1. The van der Waals surface area contributed by atoms with Gasteiger partial charge in [-0.1, -0.05) is 72.8 Å². The first-order chi connectivity index (χ1) is 22.3. The number of hydrogen-bond acceptors (Lipinski definition) is 3. The molecule has 0 fully saturated rings. The zero-order chi connectivity index (χ0) is 29.5. The molecule has 4 heteroatoms. The van der Waals surface area contributed by atoms with E-state index < -0.39 is 0 Å². The van der Waals surface area contributed by atoms with Crippen LogP contribution in [0.4, 0.5) is 0 Å². The third-order valence-electron chi connectivity index (χ3n) is 9.74. The molecule has 1 aliphatic heterocycles. The first-order valence-electron chi connectivity index (χ1n) is 15.6. The Balaban J connectivity index is 1.04. The van der Waals surface area contributed by atoms with Gasteiger partial charge in [0.1, 0.15) is 22.5 Å². The van der Waals surface area contributed by atoms with Gasteiger partial charge in [-0.15, -0.1) is 0 Å². The van der Waals surface area contributed by atoms with E-state index in [9.17, 15) is 0 Å². The molecule has 0 saturated heterocycles. The highest BCUT2D eigenvalue weighted by Crippen LogP contribution is 2.39.